The van der Waals surface area contributed by atoms with Crippen LogP contribution in [0, 0.1) is 19.3 Å². The first-order valence-electron chi connectivity index (χ1n) is 12.0. The molecule has 0 fully saturated rings. The molecule has 204 valence electrons. The average molecular weight is 543 g/mol. The molecule has 0 atom stereocenters. The van der Waals surface area contributed by atoms with E-state index < -0.39 is 15.4 Å². The van der Waals surface area contributed by atoms with Crippen LogP contribution in [0.25, 0.3) is 0 Å². The molecule has 1 amide bonds. The maximum atomic E-state index is 12.9. The maximum absolute atomic E-state index is 12.9. The third-order valence-corrected chi connectivity index (χ3v) is 7.27. The number of aryl methyl sites for hydroxylation is 2. The molecule has 10 nitrogen and oxygen atoms in total. The van der Waals surface area contributed by atoms with Crippen molar-refractivity contribution in [1.29, 1.82) is 0 Å². The number of methoxy groups -OCH3 is 2. The second-order valence-corrected chi connectivity index (χ2v) is 11.2. The molecule has 0 unspecified atom stereocenters. The van der Waals surface area contributed by atoms with Gasteiger partial charge in [-0.05, 0) is 68.1 Å². The summed E-state index contributed by atoms with van der Waals surface area (Å²) in [5.41, 5.74) is 2.04. The standard InChI is InChI=1S/C27H34N4O6S/c1-18-8-9-19(2)22(16-18)37-15-7-14-27(3,4)25(32)28-20-10-12-21(13-11-20)38(33,34)31-23-17-24(35-5)30-26(29-23)36-6/h8-13,16-17H,7,14-15H2,1-6H3,(H,28,32)(H,29,30,31). The van der Waals surface area contributed by atoms with Crippen molar-refractivity contribution >= 4 is 27.4 Å². The number of ether oxygens (including phenoxy) is 3. The number of rotatable bonds is 12. The molecule has 1 aromatic heterocycles. The highest BCUT2D eigenvalue weighted by Crippen LogP contribution is 2.27. The van der Waals surface area contributed by atoms with Crippen molar-refractivity contribution < 1.29 is 27.4 Å². The molecule has 0 aliphatic carbocycles. The first-order valence-corrected chi connectivity index (χ1v) is 13.5. The first-order chi connectivity index (χ1) is 17.9. The summed E-state index contributed by atoms with van der Waals surface area (Å²) in [5, 5.41) is 2.87. The van der Waals surface area contributed by atoms with Crippen LogP contribution < -0.4 is 24.2 Å². The Hall–Kier alpha value is -3.86. The van der Waals surface area contributed by atoms with E-state index in [-0.39, 0.29) is 28.5 Å². The normalized spacial score (nSPS) is 11.5. The van der Waals surface area contributed by atoms with Crippen LogP contribution in [0.3, 0.4) is 0 Å². The summed E-state index contributed by atoms with van der Waals surface area (Å²) in [7, 11) is -1.20. The van der Waals surface area contributed by atoms with Crippen LogP contribution in [0.5, 0.6) is 17.6 Å². The Morgan fingerprint density at radius 2 is 1.68 bits per heavy atom. The minimum Gasteiger partial charge on any atom is -0.493 e. The Labute approximate surface area is 223 Å². The third kappa shape index (κ3) is 7.58. The van der Waals surface area contributed by atoms with Gasteiger partial charge < -0.3 is 19.5 Å². The summed E-state index contributed by atoms with van der Waals surface area (Å²) in [6.45, 7) is 8.26. The van der Waals surface area contributed by atoms with E-state index in [0.717, 1.165) is 16.9 Å². The van der Waals surface area contributed by atoms with Gasteiger partial charge in [0.25, 0.3) is 10.0 Å². The number of hydrogen-bond acceptors (Lipinski definition) is 8. The number of amides is 1. The van der Waals surface area contributed by atoms with Crippen LogP contribution in [0.2, 0.25) is 0 Å². The number of carbonyl (C=O) groups excluding carboxylic acids is 1. The number of nitrogens with one attached hydrogen (secondary N) is 2. The number of sulfonamides is 1. The van der Waals surface area contributed by atoms with Gasteiger partial charge in [0.1, 0.15) is 5.75 Å². The number of hydrogen-bond donors (Lipinski definition) is 2. The molecule has 38 heavy (non-hydrogen) atoms. The van der Waals surface area contributed by atoms with Crippen molar-refractivity contribution in [2.75, 3.05) is 30.9 Å². The van der Waals surface area contributed by atoms with Gasteiger partial charge in [0.05, 0.1) is 25.7 Å². The minimum absolute atomic E-state index is 0.00473. The van der Waals surface area contributed by atoms with Crippen molar-refractivity contribution in [2.45, 2.75) is 45.4 Å². The molecule has 0 saturated heterocycles. The van der Waals surface area contributed by atoms with Gasteiger partial charge in [-0.25, -0.2) is 8.42 Å². The fourth-order valence-electron chi connectivity index (χ4n) is 3.54. The molecule has 0 bridgehead atoms. The summed E-state index contributed by atoms with van der Waals surface area (Å²) in [4.78, 5) is 20.8. The SMILES string of the molecule is COc1cc(NS(=O)(=O)c2ccc(NC(=O)C(C)(C)CCCOc3cc(C)ccc3C)cc2)nc(OC)n1. The third-order valence-electron chi connectivity index (χ3n) is 5.90. The summed E-state index contributed by atoms with van der Waals surface area (Å²) in [6.07, 6.45) is 1.32. The topological polar surface area (TPSA) is 129 Å². The summed E-state index contributed by atoms with van der Waals surface area (Å²) in [5.74, 6) is 0.828. The van der Waals surface area contributed by atoms with E-state index >= 15 is 0 Å². The highest BCUT2D eigenvalue weighted by molar-refractivity contribution is 7.92. The molecule has 0 radical (unpaired) electrons. The predicted molar refractivity (Wildman–Crippen MR) is 145 cm³/mol. The fraction of sp³-hybridized carbons (Fsp3) is 0.370. The highest BCUT2D eigenvalue weighted by Gasteiger charge is 2.27. The first kappa shape index (κ1) is 28.7. The molecule has 2 aromatic carbocycles. The lowest BCUT2D eigenvalue weighted by molar-refractivity contribution is -0.124. The molecule has 3 aromatic rings. The molecule has 0 aliphatic rings. The van der Waals surface area contributed by atoms with E-state index in [2.05, 4.69) is 20.0 Å². The van der Waals surface area contributed by atoms with Crippen molar-refractivity contribution in [3.8, 4) is 17.6 Å². The lowest BCUT2D eigenvalue weighted by atomic mass is 9.87. The molecule has 3 rings (SSSR count). The quantitative estimate of drug-likeness (QED) is 0.314. The van der Waals surface area contributed by atoms with Gasteiger partial charge in [0.15, 0.2) is 5.82 Å². The lowest BCUT2D eigenvalue weighted by Crippen LogP contribution is -2.31. The Balaban J connectivity index is 1.57. The molecule has 11 heteroatoms. The smallest absolute Gasteiger partial charge is 0.321 e. The number of benzene rings is 2. The zero-order chi connectivity index (χ0) is 27.9. The summed E-state index contributed by atoms with van der Waals surface area (Å²) >= 11 is 0. The number of aromatic nitrogens is 2. The Morgan fingerprint density at radius 3 is 2.34 bits per heavy atom. The molecular formula is C27H34N4O6S. The molecule has 1 heterocycles. The van der Waals surface area contributed by atoms with Crippen LogP contribution in [0.4, 0.5) is 11.5 Å². The Kier molecular flexibility index (Phi) is 9.16. The van der Waals surface area contributed by atoms with Crippen molar-refractivity contribution in [1.82, 2.24) is 9.97 Å². The predicted octanol–water partition coefficient (Wildman–Crippen LogP) is 4.74. The molecular weight excluding hydrogens is 508 g/mol. The van der Waals surface area contributed by atoms with E-state index in [1.807, 2.05) is 45.9 Å². The van der Waals surface area contributed by atoms with Gasteiger partial charge in [0.2, 0.25) is 11.8 Å². The van der Waals surface area contributed by atoms with Gasteiger partial charge in [-0.15, -0.1) is 0 Å². The van der Waals surface area contributed by atoms with Gasteiger partial charge in [-0.3, -0.25) is 9.52 Å². The van der Waals surface area contributed by atoms with Crippen LogP contribution in [-0.4, -0.2) is 45.1 Å². The second-order valence-electron chi connectivity index (χ2n) is 9.47. The van der Waals surface area contributed by atoms with Crippen molar-refractivity contribution in [3.05, 3.63) is 59.7 Å². The largest absolute Gasteiger partial charge is 0.493 e. The van der Waals surface area contributed by atoms with Gasteiger partial charge in [0, 0.05) is 17.2 Å². The summed E-state index contributed by atoms with van der Waals surface area (Å²) < 4.78 is 44.0. The number of anilines is 2. The van der Waals surface area contributed by atoms with Gasteiger partial charge >= 0.3 is 6.01 Å². The second kappa shape index (κ2) is 12.1. The van der Waals surface area contributed by atoms with E-state index in [0.29, 0.717) is 25.1 Å². The van der Waals surface area contributed by atoms with Gasteiger partial charge in [-0.1, -0.05) is 26.0 Å². The molecule has 2 N–H and O–H groups in total. The Morgan fingerprint density at radius 1 is 0.974 bits per heavy atom. The van der Waals surface area contributed by atoms with Crippen molar-refractivity contribution in [2.24, 2.45) is 5.41 Å². The van der Waals surface area contributed by atoms with Crippen molar-refractivity contribution in [3.63, 3.8) is 0 Å². The highest BCUT2D eigenvalue weighted by atomic mass is 32.2. The van der Waals surface area contributed by atoms with E-state index in [1.54, 1.807) is 0 Å². The Bertz CT molecular complexity index is 1350. The zero-order valence-corrected chi connectivity index (χ0v) is 23.3. The van der Waals surface area contributed by atoms with E-state index in [9.17, 15) is 13.2 Å². The lowest BCUT2D eigenvalue weighted by Gasteiger charge is -2.24. The monoisotopic (exact) mass is 542 g/mol. The average Bonchev–Trinajstić information content (AvgIpc) is 2.88. The maximum Gasteiger partial charge on any atom is 0.321 e. The molecule has 0 saturated carbocycles. The van der Waals surface area contributed by atoms with Crippen LogP contribution in [0.15, 0.2) is 53.4 Å². The minimum atomic E-state index is -3.96. The fourth-order valence-corrected chi connectivity index (χ4v) is 4.53. The number of nitrogens with zero attached hydrogens (tertiary/aromatic N) is 2. The van der Waals surface area contributed by atoms with E-state index in [1.165, 1.54) is 44.6 Å². The zero-order valence-electron chi connectivity index (χ0n) is 22.5. The molecule has 0 spiro atoms. The van der Waals surface area contributed by atoms with E-state index in [4.69, 9.17) is 14.2 Å². The van der Waals surface area contributed by atoms with Crippen LogP contribution in [-0.2, 0) is 14.8 Å². The number of carbonyl (C=O) groups is 1. The van der Waals surface area contributed by atoms with Gasteiger partial charge in [-0.2, -0.15) is 9.97 Å². The molecule has 0 aliphatic heterocycles. The summed E-state index contributed by atoms with van der Waals surface area (Å²) in [6, 6.07) is 13.2. The van der Waals surface area contributed by atoms with Crippen LogP contribution >= 0.6 is 0 Å². The van der Waals surface area contributed by atoms with Crippen LogP contribution in [0.1, 0.15) is 37.8 Å².